The predicted molar refractivity (Wildman–Crippen MR) is 52.5 cm³/mol. The maximum atomic E-state index is 11.0. The van der Waals surface area contributed by atoms with Gasteiger partial charge < -0.3 is 0 Å². The SMILES string of the molecule is NNC(=O)N(N)c1cccc([N+](=O)[O-])c1. The molecule has 0 spiro atoms. The van der Waals surface area contributed by atoms with Gasteiger partial charge in [0.2, 0.25) is 0 Å². The van der Waals surface area contributed by atoms with E-state index in [0.717, 1.165) is 6.07 Å². The van der Waals surface area contributed by atoms with Crippen LogP contribution in [0.15, 0.2) is 24.3 Å². The molecule has 8 nitrogen and oxygen atoms in total. The number of nitrogens with one attached hydrogen (secondary N) is 1. The van der Waals surface area contributed by atoms with Gasteiger partial charge in [-0.05, 0) is 6.07 Å². The molecule has 0 fully saturated rings. The zero-order chi connectivity index (χ0) is 11.4. The van der Waals surface area contributed by atoms with Gasteiger partial charge in [0.1, 0.15) is 0 Å². The molecule has 0 unspecified atom stereocenters. The van der Waals surface area contributed by atoms with Gasteiger partial charge in [0.25, 0.3) is 5.69 Å². The second-order valence-electron chi connectivity index (χ2n) is 2.60. The number of carbonyl (C=O) groups excluding carboxylic acids is 1. The zero-order valence-corrected chi connectivity index (χ0v) is 7.58. The second kappa shape index (κ2) is 4.35. The number of hydrogen-bond acceptors (Lipinski definition) is 5. The fourth-order valence-electron chi connectivity index (χ4n) is 0.943. The van der Waals surface area contributed by atoms with Crippen LogP contribution in [0.25, 0.3) is 0 Å². The van der Waals surface area contributed by atoms with E-state index >= 15 is 0 Å². The fraction of sp³-hybridized carbons (Fsp3) is 0. The Bertz CT molecular complexity index is 394. The van der Waals surface area contributed by atoms with Crippen molar-refractivity contribution in [2.45, 2.75) is 0 Å². The van der Waals surface area contributed by atoms with Gasteiger partial charge in [0, 0.05) is 12.1 Å². The molecular formula is C7H9N5O3. The molecule has 8 heteroatoms. The number of urea groups is 1. The van der Waals surface area contributed by atoms with E-state index in [2.05, 4.69) is 0 Å². The maximum absolute atomic E-state index is 11.0. The van der Waals surface area contributed by atoms with Gasteiger partial charge in [-0.15, -0.1) is 0 Å². The normalized spacial score (nSPS) is 9.47. The van der Waals surface area contributed by atoms with Gasteiger partial charge >= 0.3 is 6.03 Å². The Morgan fingerprint density at radius 2 is 2.20 bits per heavy atom. The van der Waals surface area contributed by atoms with E-state index in [1.807, 2.05) is 0 Å². The summed E-state index contributed by atoms with van der Waals surface area (Å²) in [6.07, 6.45) is 0. The number of hydrazine groups is 2. The number of nitrogens with two attached hydrogens (primary N) is 2. The van der Waals surface area contributed by atoms with Crippen molar-refractivity contribution in [3.8, 4) is 0 Å². The number of nitrogens with zero attached hydrogens (tertiary/aromatic N) is 2. The third-order valence-electron chi connectivity index (χ3n) is 1.66. The molecule has 0 aliphatic rings. The topological polar surface area (TPSA) is 128 Å². The quantitative estimate of drug-likeness (QED) is 0.271. The summed E-state index contributed by atoms with van der Waals surface area (Å²) in [5, 5.41) is 11.1. The van der Waals surface area contributed by atoms with Crippen LogP contribution in [0.5, 0.6) is 0 Å². The molecule has 0 saturated heterocycles. The molecule has 80 valence electrons. The molecule has 2 amide bonds. The first-order valence-corrected chi connectivity index (χ1v) is 3.86. The van der Waals surface area contributed by atoms with E-state index in [4.69, 9.17) is 11.7 Å². The van der Waals surface area contributed by atoms with Crippen LogP contribution in [-0.4, -0.2) is 11.0 Å². The van der Waals surface area contributed by atoms with Crippen molar-refractivity contribution in [2.24, 2.45) is 11.7 Å². The molecule has 0 heterocycles. The van der Waals surface area contributed by atoms with Crippen LogP contribution in [0.4, 0.5) is 16.2 Å². The second-order valence-corrected chi connectivity index (χ2v) is 2.60. The third-order valence-corrected chi connectivity index (χ3v) is 1.66. The Morgan fingerprint density at radius 1 is 1.53 bits per heavy atom. The lowest BCUT2D eigenvalue weighted by Crippen LogP contribution is -2.47. The molecule has 15 heavy (non-hydrogen) atoms. The predicted octanol–water partition coefficient (Wildman–Crippen LogP) is -0.142. The Morgan fingerprint density at radius 3 is 2.73 bits per heavy atom. The number of nitro groups is 1. The lowest BCUT2D eigenvalue weighted by molar-refractivity contribution is -0.384. The average molecular weight is 211 g/mol. The van der Waals surface area contributed by atoms with Crippen molar-refractivity contribution >= 4 is 17.4 Å². The summed E-state index contributed by atoms with van der Waals surface area (Å²) in [6, 6.07) is 4.54. The summed E-state index contributed by atoms with van der Waals surface area (Å²) < 4.78 is 0. The number of non-ortho nitro benzene ring substituents is 1. The Balaban J connectivity index is 3.00. The summed E-state index contributed by atoms with van der Waals surface area (Å²) in [5.74, 6) is 10.2. The van der Waals surface area contributed by atoms with Crippen molar-refractivity contribution < 1.29 is 9.72 Å². The van der Waals surface area contributed by atoms with Crippen LogP contribution in [-0.2, 0) is 0 Å². The van der Waals surface area contributed by atoms with E-state index in [-0.39, 0.29) is 11.4 Å². The van der Waals surface area contributed by atoms with E-state index in [0.29, 0.717) is 5.01 Å². The van der Waals surface area contributed by atoms with E-state index < -0.39 is 11.0 Å². The number of anilines is 1. The molecule has 0 aliphatic carbocycles. The lowest BCUT2D eigenvalue weighted by atomic mass is 10.3. The standard InChI is InChI=1S/C7H9N5O3/c8-10-7(13)11(9)5-2-1-3-6(4-5)12(14)15/h1-4H,8-9H2,(H,10,13). The summed E-state index contributed by atoms with van der Waals surface area (Å²) >= 11 is 0. The van der Waals surface area contributed by atoms with Crippen molar-refractivity contribution in [1.82, 2.24) is 5.43 Å². The summed E-state index contributed by atoms with van der Waals surface area (Å²) in [6.45, 7) is 0. The Labute approximate surface area is 84.5 Å². The van der Waals surface area contributed by atoms with Gasteiger partial charge in [-0.3, -0.25) is 15.5 Å². The molecule has 0 saturated carbocycles. The fourth-order valence-corrected chi connectivity index (χ4v) is 0.943. The smallest absolute Gasteiger partial charge is 0.274 e. The molecule has 0 aromatic heterocycles. The molecule has 0 aliphatic heterocycles. The number of rotatable bonds is 2. The van der Waals surface area contributed by atoms with Gasteiger partial charge in [-0.25, -0.2) is 21.5 Å². The van der Waals surface area contributed by atoms with Crippen LogP contribution in [0.2, 0.25) is 0 Å². The minimum absolute atomic E-state index is 0.159. The first-order valence-electron chi connectivity index (χ1n) is 3.86. The molecule has 1 aromatic carbocycles. The van der Waals surface area contributed by atoms with Gasteiger partial charge in [0.05, 0.1) is 10.6 Å². The molecule has 1 rings (SSSR count). The van der Waals surface area contributed by atoms with Crippen molar-refractivity contribution in [3.05, 3.63) is 34.4 Å². The highest BCUT2D eigenvalue weighted by atomic mass is 16.6. The minimum atomic E-state index is -0.768. The third kappa shape index (κ3) is 2.39. The maximum Gasteiger partial charge on any atom is 0.350 e. The van der Waals surface area contributed by atoms with E-state index in [1.54, 1.807) is 5.43 Å². The van der Waals surface area contributed by atoms with E-state index in [1.165, 1.54) is 18.2 Å². The highest BCUT2D eigenvalue weighted by Gasteiger charge is 2.13. The first kappa shape index (κ1) is 10.9. The van der Waals surface area contributed by atoms with Crippen molar-refractivity contribution in [1.29, 1.82) is 0 Å². The van der Waals surface area contributed by atoms with Crippen LogP contribution in [0, 0.1) is 10.1 Å². The van der Waals surface area contributed by atoms with Gasteiger partial charge in [0.15, 0.2) is 0 Å². The van der Waals surface area contributed by atoms with Gasteiger partial charge in [-0.2, -0.15) is 0 Å². The minimum Gasteiger partial charge on any atom is -0.274 e. The number of benzene rings is 1. The first-order chi connectivity index (χ1) is 7.06. The zero-order valence-electron chi connectivity index (χ0n) is 7.58. The number of carbonyl (C=O) groups is 1. The number of amides is 2. The Hall–Kier alpha value is -2.19. The van der Waals surface area contributed by atoms with E-state index in [9.17, 15) is 14.9 Å². The average Bonchev–Trinajstić information content (AvgIpc) is 2.27. The summed E-state index contributed by atoms with van der Waals surface area (Å²) in [7, 11) is 0. The highest BCUT2D eigenvalue weighted by molar-refractivity contribution is 5.90. The molecule has 0 radical (unpaired) electrons. The molecule has 5 N–H and O–H groups in total. The van der Waals surface area contributed by atoms with Gasteiger partial charge in [-0.1, -0.05) is 6.07 Å². The lowest BCUT2D eigenvalue weighted by Gasteiger charge is -2.14. The van der Waals surface area contributed by atoms with Crippen LogP contribution >= 0.6 is 0 Å². The monoisotopic (exact) mass is 211 g/mol. The van der Waals surface area contributed by atoms with Crippen LogP contribution in [0.3, 0.4) is 0 Å². The number of hydrogen-bond donors (Lipinski definition) is 3. The summed E-state index contributed by atoms with van der Waals surface area (Å²) in [5.41, 5.74) is 1.82. The van der Waals surface area contributed by atoms with Crippen molar-refractivity contribution in [2.75, 3.05) is 5.01 Å². The molecular weight excluding hydrogens is 202 g/mol. The van der Waals surface area contributed by atoms with Crippen LogP contribution in [0.1, 0.15) is 0 Å². The Kier molecular flexibility index (Phi) is 3.16. The molecule has 0 atom stereocenters. The molecule has 0 bridgehead atoms. The van der Waals surface area contributed by atoms with Crippen molar-refractivity contribution in [3.63, 3.8) is 0 Å². The molecule has 1 aromatic rings. The summed E-state index contributed by atoms with van der Waals surface area (Å²) in [4.78, 5) is 20.8. The van der Waals surface area contributed by atoms with Crippen LogP contribution < -0.4 is 22.1 Å². The highest BCUT2D eigenvalue weighted by Crippen LogP contribution is 2.18. The largest absolute Gasteiger partial charge is 0.350 e. The number of nitro benzene ring substituents is 1.